The minimum Gasteiger partial charge on any atom is -0.308 e. The number of imidazole rings is 1. The maximum absolute atomic E-state index is 6.10. The second kappa shape index (κ2) is 5.37. The number of aryl methyl sites for hydroxylation is 2. The molecular formula is C13H19ClN4S. The van der Waals surface area contributed by atoms with E-state index < -0.39 is 0 Å². The summed E-state index contributed by atoms with van der Waals surface area (Å²) in [4.78, 5) is 4.75. The Morgan fingerprint density at radius 1 is 1.47 bits per heavy atom. The fraction of sp³-hybridized carbons (Fsp3) is 0.692. The smallest absolute Gasteiger partial charge is 0.159 e. The molecule has 1 aliphatic heterocycles. The Morgan fingerprint density at radius 3 is 2.95 bits per heavy atom. The zero-order valence-electron chi connectivity index (χ0n) is 11.4. The maximum Gasteiger partial charge on any atom is 0.159 e. The third kappa shape index (κ3) is 2.17. The Kier molecular flexibility index (Phi) is 3.76. The molecule has 0 aromatic carbocycles. The van der Waals surface area contributed by atoms with Crippen molar-refractivity contribution in [2.45, 2.75) is 38.1 Å². The van der Waals surface area contributed by atoms with Gasteiger partial charge in [-0.15, -0.1) is 11.6 Å². The van der Waals surface area contributed by atoms with Gasteiger partial charge in [0.05, 0.1) is 11.6 Å². The first-order chi connectivity index (χ1) is 9.26. The molecule has 1 unspecified atom stereocenters. The van der Waals surface area contributed by atoms with Crippen LogP contribution in [-0.4, -0.2) is 30.8 Å². The van der Waals surface area contributed by atoms with Crippen LogP contribution in [0.3, 0.4) is 0 Å². The maximum atomic E-state index is 6.10. The number of halogens is 1. The van der Waals surface area contributed by atoms with Crippen molar-refractivity contribution in [1.82, 2.24) is 19.3 Å². The lowest BCUT2D eigenvalue weighted by molar-refractivity contribution is 0.543. The Morgan fingerprint density at radius 2 is 2.32 bits per heavy atom. The molecule has 0 aliphatic carbocycles. The van der Waals surface area contributed by atoms with Crippen molar-refractivity contribution in [2.24, 2.45) is 7.05 Å². The zero-order chi connectivity index (χ0) is 13.4. The highest BCUT2D eigenvalue weighted by Crippen LogP contribution is 2.33. The van der Waals surface area contributed by atoms with E-state index in [1.807, 2.05) is 23.5 Å². The molecule has 2 aromatic rings. The van der Waals surface area contributed by atoms with Crippen LogP contribution in [0.4, 0.5) is 0 Å². The van der Waals surface area contributed by atoms with Crippen molar-refractivity contribution in [3.63, 3.8) is 0 Å². The SMILES string of the molecule is CCCc1nn(C)c2c1nc(CCl)n2C1CCSC1. The highest BCUT2D eigenvalue weighted by atomic mass is 35.5. The standard InChI is InChI=1S/C13H19ClN4S/c1-3-4-10-12-13(17(2)16-10)18(11(7-14)15-12)9-5-6-19-8-9/h9H,3-8H2,1-2H3. The molecule has 1 atom stereocenters. The summed E-state index contributed by atoms with van der Waals surface area (Å²) in [5, 5.41) is 4.63. The predicted octanol–water partition coefficient (Wildman–Crippen LogP) is 3.14. The second-order valence-electron chi connectivity index (χ2n) is 5.04. The van der Waals surface area contributed by atoms with Crippen LogP contribution in [-0.2, 0) is 19.3 Å². The molecule has 1 aliphatic rings. The summed E-state index contributed by atoms with van der Waals surface area (Å²) in [7, 11) is 2.01. The van der Waals surface area contributed by atoms with E-state index in [9.17, 15) is 0 Å². The molecule has 3 rings (SSSR count). The van der Waals surface area contributed by atoms with E-state index in [1.54, 1.807) is 0 Å². The number of alkyl halides is 1. The molecule has 19 heavy (non-hydrogen) atoms. The van der Waals surface area contributed by atoms with E-state index in [2.05, 4.69) is 16.6 Å². The van der Waals surface area contributed by atoms with Gasteiger partial charge >= 0.3 is 0 Å². The van der Waals surface area contributed by atoms with Crippen LogP contribution in [0.1, 0.15) is 37.3 Å². The Bertz CT molecular complexity index is 583. The Balaban J connectivity index is 2.17. The second-order valence-corrected chi connectivity index (χ2v) is 6.46. The lowest BCUT2D eigenvalue weighted by Gasteiger charge is -2.14. The quantitative estimate of drug-likeness (QED) is 0.814. The van der Waals surface area contributed by atoms with Crippen LogP contribution in [0.2, 0.25) is 0 Å². The van der Waals surface area contributed by atoms with Crippen molar-refractivity contribution < 1.29 is 0 Å². The molecule has 0 amide bonds. The number of rotatable bonds is 4. The Hall–Kier alpha value is -0.680. The van der Waals surface area contributed by atoms with Crippen LogP contribution >= 0.6 is 23.4 Å². The number of hydrogen-bond acceptors (Lipinski definition) is 3. The highest BCUT2D eigenvalue weighted by molar-refractivity contribution is 7.99. The van der Waals surface area contributed by atoms with Gasteiger partial charge in [0.15, 0.2) is 5.65 Å². The lowest BCUT2D eigenvalue weighted by atomic mass is 10.2. The molecule has 0 radical (unpaired) electrons. The molecule has 4 nitrogen and oxygen atoms in total. The van der Waals surface area contributed by atoms with Crippen molar-refractivity contribution in [3.05, 3.63) is 11.5 Å². The van der Waals surface area contributed by atoms with Gasteiger partial charge in [0.25, 0.3) is 0 Å². The van der Waals surface area contributed by atoms with Gasteiger partial charge in [0.2, 0.25) is 0 Å². The first-order valence-electron chi connectivity index (χ1n) is 6.82. The zero-order valence-corrected chi connectivity index (χ0v) is 13.0. The van der Waals surface area contributed by atoms with Crippen molar-refractivity contribution in [1.29, 1.82) is 0 Å². The number of thioether (sulfide) groups is 1. The first kappa shape index (κ1) is 13.3. The van der Waals surface area contributed by atoms with Gasteiger partial charge in [-0.2, -0.15) is 16.9 Å². The third-order valence-corrected chi connectivity index (χ3v) is 5.07. The average Bonchev–Trinajstić information content (AvgIpc) is 3.08. The summed E-state index contributed by atoms with van der Waals surface area (Å²) in [5.74, 6) is 3.85. The topological polar surface area (TPSA) is 35.6 Å². The highest BCUT2D eigenvalue weighted by Gasteiger charge is 2.26. The lowest BCUT2D eigenvalue weighted by Crippen LogP contribution is -2.13. The van der Waals surface area contributed by atoms with Crippen molar-refractivity contribution in [3.8, 4) is 0 Å². The van der Waals surface area contributed by atoms with E-state index in [0.717, 1.165) is 41.3 Å². The number of fused-ring (bicyclic) bond motifs is 1. The van der Waals surface area contributed by atoms with Crippen LogP contribution in [0.15, 0.2) is 0 Å². The molecule has 0 spiro atoms. The fourth-order valence-electron chi connectivity index (χ4n) is 2.86. The van der Waals surface area contributed by atoms with E-state index >= 15 is 0 Å². The monoisotopic (exact) mass is 298 g/mol. The van der Waals surface area contributed by atoms with Gasteiger partial charge in [-0.3, -0.25) is 4.68 Å². The first-order valence-corrected chi connectivity index (χ1v) is 8.51. The summed E-state index contributed by atoms with van der Waals surface area (Å²) in [6, 6.07) is 0.522. The van der Waals surface area contributed by atoms with Crippen LogP contribution < -0.4 is 0 Å². The third-order valence-electron chi connectivity index (χ3n) is 3.69. The summed E-state index contributed by atoms with van der Waals surface area (Å²) in [5.41, 5.74) is 3.30. The molecule has 0 saturated carbocycles. The van der Waals surface area contributed by atoms with E-state index in [1.165, 1.54) is 12.2 Å². The summed E-state index contributed by atoms with van der Waals surface area (Å²) < 4.78 is 4.31. The van der Waals surface area contributed by atoms with Gasteiger partial charge in [0, 0.05) is 18.8 Å². The van der Waals surface area contributed by atoms with Gasteiger partial charge in [0.1, 0.15) is 11.3 Å². The molecule has 104 valence electrons. The molecule has 0 N–H and O–H groups in total. The number of aromatic nitrogens is 4. The Labute approximate surface area is 122 Å². The minimum absolute atomic E-state index is 0.474. The van der Waals surface area contributed by atoms with E-state index in [0.29, 0.717) is 11.9 Å². The van der Waals surface area contributed by atoms with Crippen LogP contribution in [0.5, 0.6) is 0 Å². The normalized spacial score (nSPS) is 19.6. The molecule has 3 heterocycles. The average molecular weight is 299 g/mol. The molecule has 6 heteroatoms. The number of nitrogens with zero attached hydrogens (tertiary/aromatic N) is 4. The largest absolute Gasteiger partial charge is 0.308 e. The fourth-order valence-corrected chi connectivity index (χ4v) is 4.24. The van der Waals surface area contributed by atoms with Gasteiger partial charge in [-0.25, -0.2) is 4.98 Å². The van der Waals surface area contributed by atoms with Gasteiger partial charge in [-0.1, -0.05) is 13.3 Å². The summed E-state index contributed by atoms with van der Waals surface area (Å²) in [6.45, 7) is 2.17. The predicted molar refractivity (Wildman–Crippen MR) is 81.0 cm³/mol. The molecule has 1 fully saturated rings. The van der Waals surface area contributed by atoms with E-state index in [4.69, 9.17) is 16.6 Å². The summed E-state index contributed by atoms with van der Waals surface area (Å²) in [6.07, 6.45) is 3.28. The van der Waals surface area contributed by atoms with Crippen LogP contribution in [0.25, 0.3) is 11.2 Å². The molecule has 2 aromatic heterocycles. The van der Waals surface area contributed by atoms with Crippen molar-refractivity contribution in [2.75, 3.05) is 11.5 Å². The molecular weight excluding hydrogens is 280 g/mol. The summed E-state index contributed by atoms with van der Waals surface area (Å²) >= 11 is 8.11. The van der Waals surface area contributed by atoms with Gasteiger partial charge in [-0.05, 0) is 18.6 Å². The van der Waals surface area contributed by atoms with Crippen molar-refractivity contribution >= 4 is 34.5 Å². The minimum atomic E-state index is 0.474. The van der Waals surface area contributed by atoms with Gasteiger partial charge < -0.3 is 4.57 Å². The molecule has 1 saturated heterocycles. The van der Waals surface area contributed by atoms with E-state index in [-0.39, 0.29) is 0 Å². The van der Waals surface area contributed by atoms with Crippen LogP contribution in [0, 0.1) is 0 Å². The number of hydrogen-bond donors (Lipinski definition) is 0. The molecule has 0 bridgehead atoms.